The molecule has 5 aliphatic rings. The summed E-state index contributed by atoms with van der Waals surface area (Å²) in [5.74, 6) is 5.79. The van der Waals surface area contributed by atoms with Crippen molar-refractivity contribution in [2.45, 2.75) is 107 Å². The Bertz CT molecular complexity index is 2280. The predicted molar refractivity (Wildman–Crippen MR) is 232 cm³/mol. The van der Waals surface area contributed by atoms with Gasteiger partial charge in [-0.25, -0.2) is 0 Å². The maximum atomic E-state index is 7.84. The van der Waals surface area contributed by atoms with E-state index in [9.17, 15) is 0 Å². The summed E-state index contributed by atoms with van der Waals surface area (Å²) < 4.78 is 25.7. The van der Waals surface area contributed by atoms with Crippen LogP contribution < -0.4 is 18.9 Å². The topological polar surface area (TPSA) is 36.9 Å². The van der Waals surface area contributed by atoms with Crippen molar-refractivity contribution in [3.05, 3.63) is 124 Å². The summed E-state index contributed by atoms with van der Waals surface area (Å²) in [6.45, 7) is 4.98. The molecule has 5 aromatic rings. The summed E-state index contributed by atoms with van der Waals surface area (Å²) in [5, 5.41) is 2.46. The van der Waals surface area contributed by atoms with Gasteiger partial charge in [-0.1, -0.05) is 101 Å². The third kappa shape index (κ3) is 5.67. The van der Waals surface area contributed by atoms with E-state index >= 15 is 0 Å². The summed E-state index contributed by atoms with van der Waals surface area (Å²) >= 11 is 0. The van der Waals surface area contributed by atoms with Crippen molar-refractivity contribution < 1.29 is 18.9 Å². The first-order chi connectivity index (χ1) is 27.8. The molecule has 1 aliphatic heterocycles. The van der Waals surface area contributed by atoms with Crippen LogP contribution in [0.5, 0.6) is 23.0 Å². The van der Waals surface area contributed by atoms with Crippen molar-refractivity contribution in [2.24, 2.45) is 17.8 Å². The van der Waals surface area contributed by atoms with E-state index in [2.05, 4.69) is 86.7 Å². The van der Waals surface area contributed by atoms with E-state index in [0.717, 1.165) is 58.3 Å². The zero-order valence-electron chi connectivity index (χ0n) is 34.6. The van der Waals surface area contributed by atoms with Crippen LogP contribution in [0.1, 0.15) is 124 Å². The Kier molecular flexibility index (Phi) is 8.99. The van der Waals surface area contributed by atoms with Crippen molar-refractivity contribution in [1.82, 2.24) is 0 Å². The monoisotopic (exact) mass is 758 g/mol. The highest BCUT2D eigenvalue weighted by Crippen LogP contribution is 2.63. The van der Waals surface area contributed by atoms with E-state index in [4.69, 9.17) is 18.9 Å². The van der Waals surface area contributed by atoms with Crippen molar-refractivity contribution >= 4 is 16.8 Å². The fourth-order valence-corrected chi connectivity index (χ4v) is 13.0. The normalized spacial score (nSPS) is 25.4. The second-order valence-corrected chi connectivity index (χ2v) is 18.6. The molecule has 3 fully saturated rings. The molecule has 0 amide bonds. The minimum Gasteiger partial charge on any atom is -0.497 e. The van der Waals surface area contributed by atoms with Gasteiger partial charge in [-0.3, -0.25) is 0 Å². The molecule has 294 valence electrons. The molecule has 1 heterocycles. The van der Waals surface area contributed by atoms with Crippen LogP contribution in [-0.4, -0.2) is 21.3 Å². The van der Waals surface area contributed by atoms with Gasteiger partial charge >= 0.3 is 0 Å². The summed E-state index contributed by atoms with van der Waals surface area (Å²) in [5.41, 5.74) is 9.75. The quantitative estimate of drug-likeness (QED) is 0.173. The molecule has 5 aromatic carbocycles. The van der Waals surface area contributed by atoms with Gasteiger partial charge in [-0.15, -0.1) is 0 Å². The summed E-state index contributed by atoms with van der Waals surface area (Å²) in [7, 11) is 5.33. The Morgan fingerprint density at radius 2 is 1.25 bits per heavy atom. The van der Waals surface area contributed by atoms with E-state index in [0.29, 0.717) is 11.8 Å². The van der Waals surface area contributed by atoms with E-state index in [1.165, 1.54) is 103 Å². The first-order valence-corrected chi connectivity index (χ1v) is 21.8. The smallest absolute Gasteiger partial charge is 0.178 e. The average molecular weight is 759 g/mol. The molecule has 10 rings (SSSR count). The van der Waals surface area contributed by atoms with Gasteiger partial charge < -0.3 is 18.9 Å². The number of benzene rings is 5. The Balaban J connectivity index is 1.29. The lowest BCUT2D eigenvalue weighted by molar-refractivity contribution is 0.0763. The molecule has 2 atom stereocenters. The average Bonchev–Trinajstić information content (AvgIpc) is 3.51. The van der Waals surface area contributed by atoms with E-state index in [1.807, 2.05) is 31.4 Å². The number of rotatable bonds is 6. The maximum Gasteiger partial charge on any atom is 0.178 e. The lowest BCUT2D eigenvalue weighted by Gasteiger charge is -2.51. The van der Waals surface area contributed by atoms with Gasteiger partial charge in [-0.2, -0.15) is 0 Å². The van der Waals surface area contributed by atoms with Gasteiger partial charge in [0.05, 0.1) is 21.3 Å². The number of hydrogen-bond acceptors (Lipinski definition) is 4. The molecule has 4 nitrogen and oxygen atoms in total. The van der Waals surface area contributed by atoms with Gasteiger partial charge in [0.1, 0.15) is 23.0 Å². The second-order valence-electron chi connectivity index (χ2n) is 18.6. The molecule has 4 aliphatic carbocycles. The molecule has 1 spiro atoms. The summed E-state index contributed by atoms with van der Waals surface area (Å²) in [6, 6.07) is 31.2. The standard InChI is InChI=1S/C53H58O4/c1-34-27-36-28-35(2)32-51(31-34,33-36)46-29-43-44(30-47(46)56-5)50-42(49-48(43)41-13-9-10-14-45(41)52(49)24-11-7-6-8-12-25-52)23-26-53(57-50,37-15-19-39(54-3)20-16-37)38-17-21-40(55-4)22-18-38/h9-10,13-23,26,29-30,34-36H,6-8,11-12,24-25,27-28,31-33H2,1-5H3. The first-order valence-electron chi connectivity index (χ1n) is 21.8. The van der Waals surface area contributed by atoms with Crippen LogP contribution in [0.2, 0.25) is 0 Å². The molecule has 3 saturated carbocycles. The molecular weight excluding hydrogens is 701 g/mol. The van der Waals surface area contributed by atoms with Crippen LogP contribution >= 0.6 is 0 Å². The van der Waals surface area contributed by atoms with Crippen LogP contribution in [0.15, 0.2) is 91.0 Å². The van der Waals surface area contributed by atoms with Crippen molar-refractivity contribution in [2.75, 3.05) is 21.3 Å². The highest BCUT2D eigenvalue weighted by atomic mass is 16.5. The molecule has 2 unspecified atom stereocenters. The highest BCUT2D eigenvalue weighted by Gasteiger charge is 2.50. The van der Waals surface area contributed by atoms with E-state index < -0.39 is 5.60 Å². The highest BCUT2D eigenvalue weighted by molar-refractivity contribution is 6.09. The molecule has 0 aromatic heterocycles. The first kappa shape index (κ1) is 36.6. The van der Waals surface area contributed by atoms with Crippen molar-refractivity contribution in [1.29, 1.82) is 0 Å². The third-order valence-corrected chi connectivity index (χ3v) is 15.0. The van der Waals surface area contributed by atoms with Crippen LogP contribution in [-0.2, 0) is 16.4 Å². The Morgan fingerprint density at radius 1 is 0.632 bits per heavy atom. The second kappa shape index (κ2) is 14.0. The molecule has 0 saturated heterocycles. The van der Waals surface area contributed by atoms with Crippen molar-refractivity contribution in [3.63, 3.8) is 0 Å². The maximum absolute atomic E-state index is 7.84. The Morgan fingerprint density at radius 3 is 1.86 bits per heavy atom. The van der Waals surface area contributed by atoms with Crippen LogP contribution in [0.4, 0.5) is 0 Å². The van der Waals surface area contributed by atoms with Gasteiger partial charge in [0.2, 0.25) is 0 Å². The fraction of sp³-hybridized carbons (Fsp3) is 0.434. The number of fused-ring (bicyclic) bond motifs is 12. The van der Waals surface area contributed by atoms with Crippen LogP contribution in [0.25, 0.3) is 28.0 Å². The Labute approximate surface area is 339 Å². The largest absolute Gasteiger partial charge is 0.497 e. The van der Waals surface area contributed by atoms with E-state index in [1.54, 1.807) is 14.2 Å². The van der Waals surface area contributed by atoms with Gasteiger partial charge in [-0.05, 0) is 138 Å². The molecule has 4 heteroatoms. The molecular formula is C53H58O4. The molecule has 57 heavy (non-hydrogen) atoms. The minimum absolute atomic E-state index is 0.0687. The molecule has 0 N–H and O–H groups in total. The predicted octanol–water partition coefficient (Wildman–Crippen LogP) is 13.3. The number of methoxy groups -OCH3 is 3. The van der Waals surface area contributed by atoms with E-state index in [-0.39, 0.29) is 10.8 Å². The summed E-state index contributed by atoms with van der Waals surface area (Å²) in [6.07, 6.45) is 19.9. The lowest BCUT2D eigenvalue weighted by Crippen LogP contribution is -2.42. The number of hydrogen-bond donors (Lipinski definition) is 0. The minimum atomic E-state index is -0.887. The number of ether oxygens (including phenoxy) is 4. The zero-order valence-corrected chi connectivity index (χ0v) is 34.6. The molecule has 2 bridgehead atoms. The Hall–Kier alpha value is -4.70. The summed E-state index contributed by atoms with van der Waals surface area (Å²) in [4.78, 5) is 0. The van der Waals surface area contributed by atoms with Gasteiger partial charge in [0.25, 0.3) is 0 Å². The molecule has 0 radical (unpaired) electrons. The van der Waals surface area contributed by atoms with Crippen molar-refractivity contribution in [3.8, 4) is 34.1 Å². The SMILES string of the molecule is COc1ccc(C2(c3ccc(OC)cc3)C=Cc3c4c(c5cc(C67CC(C)CC(CC(C)C6)C7)c(OC)cc5c3O2)-c2ccccc2C42CCCCCCC2)cc1. The van der Waals surface area contributed by atoms with Crippen LogP contribution in [0.3, 0.4) is 0 Å². The van der Waals surface area contributed by atoms with Gasteiger partial charge in [0, 0.05) is 33.1 Å². The lowest BCUT2D eigenvalue weighted by atomic mass is 9.54. The van der Waals surface area contributed by atoms with Gasteiger partial charge in [0.15, 0.2) is 5.60 Å². The zero-order chi connectivity index (χ0) is 38.9. The fourth-order valence-electron chi connectivity index (χ4n) is 13.0. The third-order valence-electron chi connectivity index (χ3n) is 15.0. The van der Waals surface area contributed by atoms with Crippen LogP contribution in [0, 0.1) is 17.8 Å².